The molecule has 0 aromatic heterocycles. The Labute approximate surface area is 94.9 Å². The van der Waals surface area contributed by atoms with E-state index in [9.17, 15) is 9.18 Å². The number of benzene rings is 1. The first-order valence-corrected chi connectivity index (χ1v) is 4.97. The summed E-state index contributed by atoms with van der Waals surface area (Å²) in [5.41, 5.74) is -0.338. The zero-order valence-corrected chi connectivity index (χ0v) is 9.38. The van der Waals surface area contributed by atoms with Gasteiger partial charge in [-0.25, -0.2) is 4.39 Å². The summed E-state index contributed by atoms with van der Waals surface area (Å²) in [4.78, 5) is 11.6. The summed E-state index contributed by atoms with van der Waals surface area (Å²) in [5.74, 6) is 1.78. The van der Waals surface area contributed by atoms with Crippen LogP contribution in [0.3, 0.4) is 0 Å². The number of carbonyl (C=O) groups excluding carboxylic acids is 1. The monoisotopic (exact) mass is 219 g/mol. The Balaban J connectivity index is 2.67. The molecule has 0 atom stereocenters. The van der Waals surface area contributed by atoms with Crippen LogP contribution in [0.25, 0.3) is 0 Å². The van der Waals surface area contributed by atoms with Crippen LogP contribution in [0.4, 0.5) is 4.39 Å². The molecule has 0 aliphatic rings. The van der Waals surface area contributed by atoms with Crippen molar-refractivity contribution >= 4 is 5.91 Å². The third kappa shape index (κ3) is 3.39. The number of amides is 1. The van der Waals surface area contributed by atoms with Crippen LogP contribution in [-0.4, -0.2) is 11.4 Å². The fourth-order valence-electron chi connectivity index (χ4n) is 1.24. The molecule has 0 spiro atoms. The molecule has 2 nitrogen and oxygen atoms in total. The summed E-state index contributed by atoms with van der Waals surface area (Å²) < 4.78 is 13.2. The molecule has 0 saturated heterocycles. The molecule has 84 valence electrons. The average Bonchev–Trinajstić information content (AvgIpc) is 2.21. The van der Waals surface area contributed by atoms with E-state index in [0.29, 0.717) is 5.56 Å². The maximum atomic E-state index is 13.2. The van der Waals surface area contributed by atoms with E-state index in [1.165, 1.54) is 6.07 Å². The number of terminal acetylenes is 1. The van der Waals surface area contributed by atoms with Gasteiger partial charge >= 0.3 is 0 Å². The summed E-state index contributed by atoms with van der Waals surface area (Å²) in [6.07, 6.45) is 5.24. The highest BCUT2D eigenvalue weighted by Gasteiger charge is 2.17. The van der Waals surface area contributed by atoms with Crippen LogP contribution in [0.1, 0.15) is 19.4 Å². The van der Waals surface area contributed by atoms with Crippen molar-refractivity contribution < 1.29 is 9.18 Å². The third-order valence-corrected chi connectivity index (χ3v) is 2.12. The van der Waals surface area contributed by atoms with Crippen molar-refractivity contribution in [1.82, 2.24) is 5.32 Å². The Hall–Kier alpha value is -1.82. The van der Waals surface area contributed by atoms with Crippen molar-refractivity contribution in [3.05, 3.63) is 35.6 Å². The molecule has 1 N–H and O–H groups in total. The lowest BCUT2D eigenvalue weighted by atomic mass is 10.1. The molecular weight excluding hydrogens is 205 g/mol. The summed E-state index contributed by atoms with van der Waals surface area (Å²) in [6, 6.07) is 6.19. The van der Waals surface area contributed by atoms with Gasteiger partial charge in [-0.3, -0.25) is 4.79 Å². The van der Waals surface area contributed by atoms with Crippen molar-refractivity contribution in [2.45, 2.75) is 25.8 Å². The second-order valence-electron chi connectivity index (χ2n) is 4.09. The van der Waals surface area contributed by atoms with E-state index in [1.54, 1.807) is 32.0 Å². The molecule has 0 radical (unpaired) electrons. The molecule has 0 unspecified atom stereocenters. The second kappa shape index (κ2) is 4.80. The molecule has 1 aromatic rings. The number of carbonyl (C=O) groups is 1. The zero-order valence-electron chi connectivity index (χ0n) is 9.38. The molecular formula is C13H14FNO. The Bertz CT molecular complexity index is 432. The quantitative estimate of drug-likeness (QED) is 0.773. The second-order valence-corrected chi connectivity index (χ2v) is 4.09. The molecule has 0 aliphatic carbocycles. The van der Waals surface area contributed by atoms with Gasteiger partial charge in [-0.2, -0.15) is 0 Å². The smallest absolute Gasteiger partial charge is 0.225 e. The summed E-state index contributed by atoms with van der Waals surface area (Å²) in [5, 5.41) is 2.64. The minimum Gasteiger partial charge on any atom is -0.340 e. The highest BCUT2D eigenvalue weighted by atomic mass is 19.1. The van der Waals surface area contributed by atoms with Crippen molar-refractivity contribution in [3.63, 3.8) is 0 Å². The largest absolute Gasteiger partial charge is 0.340 e. The van der Waals surface area contributed by atoms with Gasteiger partial charge in [-0.1, -0.05) is 24.1 Å². The SMILES string of the molecule is C#CC(C)(C)NC(=O)Cc1ccccc1F. The number of rotatable bonds is 3. The van der Waals surface area contributed by atoms with Gasteiger partial charge in [-0.05, 0) is 25.5 Å². The van der Waals surface area contributed by atoms with Crippen LogP contribution in [0.15, 0.2) is 24.3 Å². The van der Waals surface area contributed by atoms with Crippen LogP contribution < -0.4 is 5.32 Å². The van der Waals surface area contributed by atoms with E-state index < -0.39 is 5.54 Å². The fourth-order valence-corrected chi connectivity index (χ4v) is 1.24. The summed E-state index contributed by atoms with van der Waals surface area (Å²) >= 11 is 0. The summed E-state index contributed by atoms with van der Waals surface area (Å²) in [6.45, 7) is 3.43. The molecule has 0 heterocycles. The van der Waals surface area contributed by atoms with Crippen molar-refractivity contribution in [3.8, 4) is 12.3 Å². The number of nitrogens with one attached hydrogen (secondary N) is 1. The normalized spacial score (nSPS) is 10.6. The van der Waals surface area contributed by atoms with Crippen LogP contribution in [-0.2, 0) is 11.2 Å². The predicted octanol–water partition coefficient (Wildman–Crippen LogP) is 1.90. The molecule has 16 heavy (non-hydrogen) atoms. The lowest BCUT2D eigenvalue weighted by Gasteiger charge is -2.19. The highest BCUT2D eigenvalue weighted by Crippen LogP contribution is 2.08. The lowest BCUT2D eigenvalue weighted by molar-refractivity contribution is -0.121. The zero-order chi connectivity index (χ0) is 12.2. The standard InChI is InChI=1S/C13H14FNO/c1-4-13(2,3)15-12(16)9-10-7-5-6-8-11(10)14/h1,5-8H,9H2,2-3H3,(H,15,16). The van der Waals surface area contributed by atoms with Gasteiger partial charge in [-0.15, -0.1) is 6.42 Å². The Morgan fingerprint density at radius 2 is 2.12 bits per heavy atom. The van der Waals surface area contributed by atoms with E-state index in [-0.39, 0.29) is 18.1 Å². The van der Waals surface area contributed by atoms with Crippen molar-refractivity contribution in [2.24, 2.45) is 0 Å². The maximum absolute atomic E-state index is 13.2. The van der Waals surface area contributed by atoms with E-state index in [4.69, 9.17) is 6.42 Å². The van der Waals surface area contributed by atoms with Gasteiger partial charge in [0, 0.05) is 0 Å². The topological polar surface area (TPSA) is 29.1 Å². The Morgan fingerprint density at radius 3 is 2.69 bits per heavy atom. The molecule has 1 aromatic carbocycles. The van der Waals surface area contributed by atoms with Gasteiger partial charge in [0.25, 0.3) is 0 Å². The van der Waals surface area contributed by atoms with Gasteiger partial charge in [0.15, 0.2) is 0 Å². The molecule has 1 rings (SSSR count). The van der Waals surface area contributed by atoms with Crippen molar-refractivity contribution in [1.29, 1.82) is 0 Å². The van der Waals surface area contributed by atoms with E-state index in [1.807, 2.05) is 0 Å². The minimum absolute atomic E-state index is 0.00220. The van der Waals surface area contributed by atoms with Gasteiger partial charge < -0.3 is 5.32 Å². The first-order chi connectivity index (χ1) is 7.44. The van der Waals surface area contributed by atoms with Gasteiger partial charge in [0.2, 0.25) is 5.91 Å². The van der Waals surface area contributed by atoms with Crippen LogP contribution in [0.5, 0.6) is 0 Å². The van der Waals surface area contributed by atoms with Crippen LogP contribution >= 0.6 is 0 Å². The molecule has 0 fully saturated rings. The lowest BCUT2D eigenvalue weighted by Crippen LogP contribution is -2.42. The van der Waals surface area contributed by atoms with Gasteiger partial charge in [0.1, 0.15) is 5.82 Å². The maximum Gasteiger partial charge on any atom is 0.225 e. The van der Waals surface area contributed by atoms with Gasteiger partial charge in [0.05, 0.1) is 12.0 Å². The van der Waals surface area contributed by atoms with Crippen molar-refractivity contribution in [2.75, 3.05) is 0 Å². The molecule has 1 amide bonds. The van der Waals surface area contributed by atoms with E-state index >= 15 is 0 Å². The predicted molar refractivity (Wildman–Crippen MR) is 61.2 cm³/mol. The first kappa shape index (κ1) is 12.3. The van der Waals surface area contributed by atoms with E-state index in [2.05, 4.69) is 11.2 Å². The average molecular weight is 219 g/mol. The minimum atomic E-state index is -0.706. The number of hydrogen-bond donors (Lipinski definition) is 1. The van der Waals surface area contributed by atoms with Crippen LogP contribution in [0, 0.1) is 18.2 Å². The summed E-state index contributed by atoms with van der Waals surface area (Å²) in [7, 11) is 0. The molecule has 0 bridgehead atoms. The first-order valence-electron chi connectivity index (χ1n) is 4.97. The fraction of sp³-hybridized carbons (Fsp3) is 0.308. The van der Waals surface area contributed by atoms with Crippen LogP contribution in [0.2, 0.25) is 0 Å². The Morgan fingerprint density at radius 1 is 1.50 bits per heavy atom. The molecule has 3 heteroatoms. The number of hydrogen-bond acceptors (Lipinski definition) is 1. The number of halogens is 1. The molecule has 0 saturated carbocycles. The van der Waals surface area contributed by atoms with E-state index in [0.717, 1.165) is 0 Å². The Kier molecular flexibility index (Phi) is 3.68. The third-order valence-electron chi connectivity index (χ3n) is 2.12. The molecule has 0 aliphatic heterocycles. The highest BCUT2D eigenvalue weighted by molar-refractivity contribution is 5.79.